The minimum Gasteiger partial charge on any atom is -0.349 e. The first-order valence-corrected chi connectivity index (χ1v) is 8.78. The van der Waals surface area contributed by atoms with Crippen LogP contribution in [-0.4, -0.2) is 14.9 Å². The number of nitrogens with zero attached hydrogens (tertiary/aromatic N) is 2. The monoisotopic (exact) mass is 336 g/mol. The van der Waals surface area contributed by atoms with Gasteiger partial charge in [-0.1, -0.05) is 31.5 Å². The summed E-state index contributed by atoms with van der Waals surface area (Å²) in [4.78, 5) is 25.2. The average Bonchev–Trinajstić information content (AvgIpc) is 2.90. The molecule has 0 amide bonds. The van der Waals surface area contributed by atoms with Crippen LogP contribution in [0, 0.1) is 13.8 Å². The third kappa shape index (κ3) is 2.82. The van der Waals surface area contributed by atoms with Gasteiger partial charge in [0.05, 0.1) is 16.5 Å². The molecule has 0 unspecified atom stereocenters. The van der Waals surface area contributed by atoms with Gasteiger partial charge in [-0.3, -0.25) is 9.59 Å². The minimum atomic E-state index is -0.185. The topological polar surface area (TPSA) is 44.0 Å². The van der Waals surface area contributed by atoms with E-state index in [4.69, 9.17) is 0 Å². The summed E-state index contributed by atoms with van der Waals surface area (Å²) in [5.74, 6) is -0.185. The van der Waals surface area contributed by atoms with Crippen LogP contribution in [0.4, 0.5) is 0 Å². The number of aryl methyl sites for hydroxylation is 2. The van der Waals surface area contributed by atoms with Crippen molar-refractivity contribution < 1.29 is 4.79 Å². The molecule has 0 bridgehead atoms. The van der Waals surface area contributed by atoms with Crippen molar-refractivity contribution in [2.24, 2.45) is 0 Å². The van der Waals surface area contributed by atoms with E-state index in [1.807, 2.05) is 54.9 Å². The van der Waals surface area contributed by atoms with Crippen LogP contribution < -0.4 is 5.43 Å². The van der Waals surface area contributed by atoms with Gasteiger partial charge in [0, 0.05) is 29.8 Å². The summed E-state index contributed by atoms with van der Waals surface area (Å²) in [6.45, 7) is 8.31. The molecule has 0 saturated carbocycles. The minimum absolute atomic E-state index is 0.153. The molecule has 3 aromatic rings. The summed E-state index contributed by atoms with van der Waals surface area (Å²) in [6, 6.07) is 9.89. The number of carbonyl (C=O) groups excluding carboxylic acids is 1. The molecule has 4 nitrogen and oxygen atoms in total. The molecule has 0 N–H and O–H groups in total. The Kier molecular flexibility index (Phi) is 4.62. The lowest BCUT2D eigenvalue weighted by molar-refractivity contribution is 0.101. The summed E-state index contributed by atoms with van der Waals surface area (Å²) >= 11 is 0. The second-order valence-corrected chi connectivity index (χ2v) is 6.54. The predicted molar refractivity (Wildman–Crippen MR) is 102 cm³/mol. The van der Waals surface area contributed by atoms with Gasteiger partial charge in [-0.05, 0) is 39.3 Å². The standard InChI is InChI=1S/C21H24N2O2/c1-5-6-12-22-13-18-20(14(22)2)21(25)19(16(4)24)15(3)23(18)17-10-8-7-9-11-17/h7-11,13H,5-6,12H2,1-4H3. The van der Waals surface area contributed by atoms with Crippen LogP contribution in [0.2, 0.25) is 0 Å². The van der Waals surface area contributed by atoms with Crippen molar-refractivity contribution in [1.29, 1.82) is 0 Å². The molecule has 0 aliphatic heterocycles. The largest absolute Gasteiger partial charge is 0.349 e. The van der Waals surface area contributed by atoms with E-state index in [1.165, 1.54) is 6.92 Å². The zero-order chi connectivity index (χ0) is 18.1. The van der Waals surface area contributed by atoms with Gasteiger partial charge in [-0.15, -0.1) is 0 Å². The number of hydrogen-bond donors (Lipinski definition) is 0. The number of carbonyl (C=O) groups is 1. The van der Waals surface area contributed by atoms with Crippen molar-refractivity contribution in [3.05, 3.63) is 63.7 Å². The third-order valence-corrected chi connectivity index (χ3v) is 4.84. The van der Waals surface area contributed by atoms with Crippen LogP contribution in [0.5, 0.6) is 0 Å². The fourth-order valence-corrected chi connectivity index (χ4v) is 3.56. The van der Waals surface area contributed by atoms with E-state index in [0.717, 1.165) is 36.3 Å². The summed E-state index contributed by atoms with van der Waals surface area (Å²) in [7, 11) is 0. The number of unbranched alkanes of at least 4 members (excludes halogenated alkanes) is 1. The molecular weight excluding hydrogens is 312 g/mol. The Morgan fingerprint density at radius 1 is 1.08 bits per heavy atom. The molecule has 2 aromatic heterocycles. The summed E-state index contributed by atoms with van der Waals surface area (Å²) < 4.78 is 4.17. The first-order valence-electron chi connectivity index (χ1n) is 8.78. The summed E-state index contributed by atoms with van der Waals surface area (Å²) in [5, 5.41) is 0.649. The first kappa shape index (κ1) is 17.2. The second kappa shape index (κ2) is 6.71. The van der Waals surface area contributed by atoms with E-state index >= 15 is 0 Å². The van der Waals surface area contributed by atoms with Gasteiger partial charge < -0.3 is 9.13 Å². The van der Waals surface area contributed by atoms with Crippen molar-refractivity contribution in [3.63, 3.8) is 0 Å². The number of Topliss-reactive ketones (excluding diaryl/α,β-unsaturated/α-hetero) is 1. The molecule has 25 heavy (non-hydrogen) atoms. The highest BCUT2D eigenvalue weighted by Gasteiger charge is 2.21. The lowest BCUT2D eigenvalue weighted by Crippen LogP contribution is -2.20. The number of benzene rings is 1. The lowest BCUT2D eigenvalue weighted by atomic mass is 10.1. The molecular formula is C21H24N2O2. The van der Waals surface area contributed by atoms with Gasteiger partial charge in [0.25, 0.3) is 0 Å². The zero-order valence-corrected chi connectivity index (χ0v) is 15.3. The van der Waals surface area contributed by atoms with Crippen molar-refractivity contribution in [2.75, 3.05) is 0 Å². The normalized spacial score (nSPS) is 11.2. The quantitative estimate of drug-likeness (QED) is 0.648. The van der Waals surface area contributed by atoms with Crippen LogP contribution in [0.15, 0.2) is 41.3 Å². The van der Waals surface area contributed by atoms with Crippen molar-refractivity contribution in [2.45, 2.75) is 47.1 Å². The molecule has 3 rings (SSSR count). The highest BCUT2D eigenvalue weighted by atomic mass is 16.1. The number of pyridine rings is 1. The van der Waals surface area contributed by atoms with E-state index in [0.29, 0.717) is 11.1 Å². The number of aromatic nitrogens is 2. The Labute approximate surface area is 147 Å². The Morgan fingerprint density at radius 2 is 1.76 bits per heavy atom. The second-order valence-electron chi connectivity index (χ2n) is 6.54. The van der Waals surface area contributed by atoms with Crippen LogP contribution >= 0.6 is 0 Å². The summed E-state index contributed by atoms with van der Waals surface area (Å²) in [6.07, 6.45) is 4.19. The van der Waals surface area contributed by atoms with E-state index in [9.17, 15) is 9.59 Å². The van der Waals surface area contributed by atoms with Crippen LogP contribution in [0.3, 0.4) is 0 Å². The third-order valence-electron chi connectivity index (χ3n) is 4.84. The van der Waals surface area contributed by atoms with E-state index in [2.05, 4.69) is 11.5 Å². The molecule has 2 heterocycles. The van der Waals surface area contributed by atoms with E-state index in [-0.39, 0.29) is 16.8 Å². The highest BCUT2D eigenvalue weighted by Crippen LogP contribution is 2.25. The summed E-state index contributed by atoms with van der Waals surface area (Å²) in [5.41, 5.74) is 3.59. The van der Waals surface area contributed by atoms with Gasteiger partial charge >= 0.3 is 0 Å². The molecule has 0 aliphatic rings. The average molecular weight is 336 g/mol. The number of para-hydroxylation sites is 1. The molecule has 4 heteroatoms. The number of rotatable bonds is 5. The molecule has 130 valence electrons. The SMILES string of the molecule is CCCCn1cc2c(c1C)c(=O)c(C(C)=O)c(C)n2-c1ccccc1. The maximum Gasteiger partial charge on any atom is 0.202 e. The molecule has 0 fully saturated rings. The molecule has 0 atom stereocenters. The van der Waals surface area contributed by atoms with Gasteiger partial charge in [-0.2, -0.15) is 0 Å². The number of fused-ring (bicyclic) bond motifs is 1. The lowest BCUT2D eigenvalue weighted by Gasteiger charge is -2.15. The van der Waals surface area contributed by atoms with Gasteiger partial charge in [0.15, 0.2) is 5.78 Å². The van der Waals surface area contributed by atoms with Crippen molar-refractivity contribution >= 4 is 16.7 Å². The Balaban J connectivity index is 2.44. The maximum atomic E-state index is 13.0. The number of ketones is 1. The van der Waals surface area contributed by atoms with E-state index in [1.54, 1.807) is 0 Å². The molecule has 0 aliphatic carbocycles. The Bertz CT molecular complexity index is 994. The molecule has 1 aromatic carbocycles. The van der Waals surface area contributed by atoms with Crippen LogP contribution in [0.1, 0.15) is 48.4 Å². The van der Waals surface area contributed by atoms with Crippen molar-refractivity contribution in [1.82, 2.24) is 9.13 Å². The Morgan fingerprint density at radius 3 is 2.36 bits per heavy atom. The fraction of sp³-hybridized carbons (Fsp3) is 0.333. The first-order chi connectivity index (χ1) is 12.0. The smallest absolute Gasteiger partial charge is 0.202 e. The maximum absolute atomic E-state index is 13.0. The zero-order valence-electron chi connectivity index (χ0n) is 15.3. The van der Waals surface area contributed by atoms with Gasteiger partial charge in [-0.25, -0.2) is 0 Å². The van der Waals surface area contributed by atoms with E-state index < -0.39 is 0 Å². The van der Waals surface area contributed by atoms with Crippen LogP contribution in [0.25, 0.3) is 16.6 Å². The highest BCUT2D eigenvalue weighted by molar-refractivity contribution is 5.99. The van der Waals surface area contributed by atoms with Crippen molar-refractivity contribution in [3.8, 4) is 5.69 Å². The van der Waals surface area contributed by atoms with Crippen LogP contribution in [-0.2, 0) is 6.54 Å². The van der Waals surface area contributed by atoms with Gasteiger partial charge in [0.2, 0.25) is 5.43 Å². The molecule has 0 radical (unpaired) electrons. The Hall–Kier alpha value is -2.62. The molecule has 0 spiro atoms. The number of hydrogen-bond acceptors (Lipinski definition) is 2. The fourth-order valence-electron chi connectivity index (χ4n) is 3.56. The van der Waals surface area contributed by atoms with Gasteiger partial charge in [0.1, 0.15) is 0 Å². The molecule has 0 saturated heterocycles. The predicted octanol–water partition coefficient (Wildman–Crippen LogP) is 4.41.